The Morgan fingerprint density at radius 3 is 1.90 bits per heavy atom. The van der Waals surface area contributed by atoms with Gasteiger partial charge in [0.15, 0.2) is 0 Å². The average molecular weight is 693 g/mol. The number of benzene rings is 2. The number of rotatable bonds is 14. The van der Waals surface area contributed by atoms with Gasteiger partial charge in [-0.3, -0.25) is 14.8 Å². The van der Waals surface area contributed by atoms with Crippen molar-refractivity contribution >= 4 is 29.1 Å². The molecule has 1 unspecified atom stereocenters. The van der Waals surface area contributed by atoms with Crippen molar-refractivity contribution in [3.05, 3.63) is 70.2 Å². The van der Waals surface area contributed by atoms with Crippen LogP contribution in [0.2, 0.25) is 10.0 Å². The van der Waals surface area contributed by atoms with Crippen LogP contribution in [0.15, 0.2) is 48.8 Å². The van der Waals surface area contributed by atoms with Gasteiger partial charge in [0.2, 0.25) is 17.7 Å². The topological polar surface area (TPSA) is 132 Å². The highest BCUT2D eigenvalue weighted by Crippen LogP contribution is 2.42. The molecule has 3 N–H and O–H groups in total. The van der Waals surface area contributed by atoms with E-state index in [2.05, 4.69) is 20.9 Å². The molecule has 1 saturated heterocycles. The largest absolute Gasteiger partial charge is 0.480 e. The standard InChI is InChI=1S/C35H39Cl2N7O4/c1-46-20-35(13-6-14-35)41-19-29-34(48-3)44-27(18-40-29)25-10-5-8-23(32(25)37)22-7-4-9-24(31(22)36)26-17-39-28(33(43-26)47-2)16-38-15-21-11-12-30(45)42-21/h4-5,7-10,17-18,21,38,41H,6,11-16,19-20H2,1-3H3,(H,42,45). The Bertz CT molecular complexity index is 1790. The van der Waals surface area contributed by atoms with Gasteiger partial charge in [0.25, 0.3) is 0 Å². The first-order valence-electron chi connectivity index (χ1n) is 16.0. The molecule has 1 saturated carbocycles. The highest BCUT2D eigenvalue weighted by Gasteiger charge is 2.36. The number of carbonyl (C=O) groups excluding carboxylic acids is 1. The Hall–Kier alpha value is -3.87. The zero-order valence-corrected chi connectivity index (χ0v) is 28.7. The summed E-state index contributed by atoms with van der Waals surface area (Å²) in [5.41, 5.74) is 5.34. The average Bonchev–Trinajstić information content (AvgIpc) is 3.51. The Labute approximate surface area is 290 Å². The van der Waals surface area contributed by atoms with E-state index in [1.54, 1.807) is 33.7 Å². The summed E-state index contributed by atoms with van der Waals surface area (Å²) < 4.78 is 16.7. The molecule has 11 nitrogen and oxygen atoms in total. The normalized spacial score (nSPS) is 16.8. The molecule has 2 fully saturated rings. The second-order valence-corrected chi connectivity index (χ2v) is 12.9. The number of ether oxygens (including phenoxy) is 3. The summed E-state index contributed by atoms with van der Waals surface area (Å²) in [4.78, 5) is 30.3. The summed E-state index contributed by atoms with van der Waals surface area (Å²) in [6, 6.07) is 11.6. The van der Waals surface area contributed by atoms with Crippen molar-refractivity contribution in [2.24, 2.45) is 0 Å². The number of aromatic nitrogens is 4. The van der Waals surface area contributed by atoms with Crippen molar-refractivity contribution in [1.29, 1.82) is 0 Å². The van der Waals surface area contributed by atoms with E-state index in [-0.39, 0.29) is 17.5 Å². The molecule has 2 aromatic heterocycles. The molecule has 2 aliphatic rings. The van der Waals surface area contributed by atoms with E-state index < -0.39 is 0 Å². The maximum absolute atomic E-state index is 11.5. The van der Waals surface area contributed by atoms with Crippen molar-refractivity contribution in [1.82, 2.24) is 35.9 Å². The van der Waals surface area contributed by atoms with Gasteiger partial charge in [-0.2, -0.15) is 0 Å². The Morgan fingerprint density at radius 1 is 0.854 bits per heavy atom. The first-order valence-corrected chi connectivity index (χ1v) is 16.7. The van der Waals surface area contributed by atoms with Crippen LogP contribution in [0.5, 0.6) is 11.8 Å². The second-order valence-electron chi connectivity index (χ2n) is 12.1. The first kappa shape index (κ1) is 34.0. The van der Waals surface area contributed by atoms with Gasteiger partial charge in [0.1, 0.15) is 11.4 Å². The SMILES string of the molecule is COCC1(NCc2ncc(-c3cccc(-c4cccc(-c5cnc(CNCC6CCC(=O)N6)c(OC)n5)c4Cl)c3Cl)nc2OC)CCC1. The number of carbonyl (C=O) groups is 1. The zero-order valence-electron chi connectivity index (χ0n) is 27.2. The van der Waals surface area contributed by atoms with Crippen LogP contribution in [0, 0.1) is 0 Å². The van der Waals surface area contributed by atoms with Gasteiger partial charge in [-0.1, -0.05) is 59.6 Å². The molecular weight excluding hydrogens is 653 g/mol. The molecule has 6 rings (SSSR count). The summed E-state index contributed by atoms with van der Waals surface area (Å²) >= 11 is 14.1. The van der Waals surface area contributed by atoms with Crippen molar-refractivity contribution < 1.29 is 19.0 Å². The third-order valence-electron chi connectivity index (χ3n) is 8.98. The van der Waals surface area contributed by atoms with Gasteiger partial charge < -0.3 is 30.2 Å². The molecule has 4 aromatic rings. The van der Waals surface area contributed by atoms with Gasteiger partial charge in [-0.15, -0.1) is 0 Å². The van der Waals surface area contributed by atoms with Crippen molar-refractivity contribution in [3.8, 4) is 45.4 Å². The monoisotopic (exact) mass is 691 g/mol. The number of nitrogens with zero attached hydrogens (tertiary/aromatic N) is 4. The number of nitrogens with one attached hydrogen (secondary N) is 3. The highest BCUT2D eigenvalue weighted by atomic mass is 35.5. The summed E-state index contributed by atoms with van der Waals surface area (Å²) in [6.45, 7) is 2.25. The molecule has 1 atom stereocenters. The third kappa shape index (κ3) is 7.25. The van der Waals surface area contributed by atoms with Crippen LogP contribution in [-0.4, -0.2) is 71.9 Å². The van der Waals surface area contributed by atoms with E-state index >= 15 is 0 Å². The summed E-state index contributed by atoms with van der Waals surface area (Å²) in [5.74, 6) is 0.914. The predicted octanol–water partition coefficient (Wildman–Crippen LogP) is 5.62. The lowest BCUT2D eigenvalue weighted by atomic mass is 9.77. The molecule has 48 heavy (non-hydrogen) atoms. The maximum Gasteiger partial charge on any atom is 0.237 e. The quantitative estimate of drug-likeness (QED) is 0.153. The Kier molecular flexibility index (Phi) is 10.7. The molecule has 13 heteroatoms. The van der Waals surface area contributed by atoms with Crippen LogP contribution in [0.3, 0.4) is 0 Å². The Morgan fingerprint density at radius 2 is 1.42 bits per heavy atom. The van der Waals surface area contributed by atoms with E-state index in [0.717, 1.165) is 30.4 Å². The van der Waals surface area contributed by atoms with Crippen LogP contribution in [0.4, 0.5) is 0 Å². The smallest absolute Gasteiger partial charge is 0.237 e. The lowest BCUT2D eigenvalue weighted by Gasteiger charge is -2.42. The van der Waals surface area contributed by atoms with E-state index in [4.69, 9.17) is 52.4 Å². The summed E-state index contributed by atoms with van der Waals surface area (Å²) in [6.07, 6.45) is 8.07. The van der Waals surface area contributed by atoms with Crippen LogP contribution in [0.1, 0.15) is 43.5 Å². The minimum atomic E-state index is -0.0301. The minimum absolute atomic E-state index is 0.0301. The van der Waals surface area contributed by atoms with Crippen molar-refractivity contribution in [3.63, 3.8) is 0 Å². The van der Waals surface area contributed by atoms with Gasteiger partial charge in [-0.05, 0) is 25.7 Å². The second kappa shape index (κ2) is 15.1. The fourth-order valence-corrected chi connectivity index (χ4v) is 6.87. The molecule has 0 bridgehead atoms. The highest BCUT2D eigenvalue weighted by molar-refractivity contribution is 6.39. The first-order chi connectivity index (χ1) is 23.3. The van der Waals surface area contributed by atoms with E-state index in [9.17, 15) is 4.79 Å². The molecule has 1 amide bonds. The predicted molar refractivity (Wildman–Crippen MR) is 185 cm³/mol. The number of methoxy groups -OCH3 is 3. The molecule has 252 valence electrons. The van der Waals surface area contributed by atoms with Crippen LogP contribution in [-0.2, 0) is 22.6 Å². The molecule has 1 aliphatic carbocycles. The molecule has 2 aromatic carbocycles. The number of amides is 1. The maximum atomic E-state index is 11.5. The van der Waals surface area contributed by atoms with Crippen molar-refractivity contribution in [2.45, 2.75) is 56.8 Å². The van der Waals surface area contributed by atoms with Crippen LogP contribution in [0.25, 0.3) is 33.6 Å². The number of hydrogen-bond acceptors (Lipinski definition) is 10. The fourth-order valence-electron chi connectivity index (χ4n) is 6.22. The van der Waals surface area contributed by atoms with Gasteiger partial charge >= 0.3 is 0 Å². The molecule has 3 heterocycles. The van der Waals surface area contributed by atoms with Gasteiger partial charge in [0.05, 0.1) is 54.7 Å². The summed E-state index contributed by atoms with van der Waals surface area (Å²) in [5, 5.41) is 10.8. The van der Waals surface area contributed by atoms with Gasteiger partial charge in [0, 0.05) is 67.0 Å². The molecule has 0 spiro atoms. The summed E-state index contributed by atoms with van der Waals surface area (Å²) in [7, 11) is 4.88. The lowest BCUT2D eigenvalue weighted by molar-refractivity contribution is -0.119. The lowest BCUT2D eigenvalue weighted by Crippen LogP contribution is -2.54. The number of halogens is 2. The van der Waals surface area contributed by atoms with E-state index in [1.165, 1.54) is 6.42 Å². The zero-order chi connectivity index (χ0) is 33.7. The van der Waals surface area contributed by atoms with E-state index in [1.807, 2.05) is 36.4 Å². The minimum Gasteiger partial charge on any atom is -0.480 e. The van der Waals surface area contributed by atoms with Crippen LogP contribution >= 0.6 is 23.2 Å². The third-order valence-corrected chi connectivity index (χ3v) is 9.79. The Balaban J connectivity index is 1.23. The van der Waals surface area contributed by atoms with Gasteiger partial charge in [-0.25, -0.2) is 9.97 Å². The van der Waals surface area contributed by atoms with Crippen molar-refractivity contribution in [2.75, 3.05) is 34.5 Å². The molecular formula is C35H39Cl2N7O4. The number of hydrogen-bond donors (Lipinski definition) is 3. The fraction of sp³-hybridized carbons (Fsp3) is 0.400. The molecule has 1 aliphatic heterocycles. The van der Waals surface area contributed by atoms with Crippen LogP contribution < -0.4 is 25.4 Å². The molecule has 0 radical (unpaired) electrons. The van der Waals surface area contributed by atoms with E-state index in [0.29, 0.717) is 88.4 Å².